The summed E-state index contributed by atoms with van der Waals surface area (Å²) >= 11 is 0. The number of carboxylic acids is 1. The first-order valence-electron chi connectivity index (χ1n) is 7.00. The molecule has 1 aromatic carbocycles. The smallest absolute Gasteiger partial charge is 0.305 e. The van der Waals surface area contributed by atoms with Gasteiger partial charge in [0.15, 0.2) is 0 Å². The lowest BCUT2D eigenvalue weighted by Crippen LogP contribution is -2.35. The number of fused-ring (bicyclic) bond motifs is 1. The van der Waals surface area contributed by atoms with Crippen molar-refractivity contribution < 1.29 is 19.5 Å². The van der Waals surface area contributed by atoms with Crippen molar-refractivity contribution in [1.29, 1.82) is 0 Å². The van der Waals surface area contributed by atoms with Crippen molar-refractivity contribution in [2.75, 3.05) is 11.9 Å². The van der Waals surface area contributed by atoms with Gasteiger partial charge in [-0.05, 0) is 30.5 Å². The average molecular weight is 288 g/mol. The summed E-state index contributed by atoms with van der Waals surface area (Å²) in [7, 11) is 0. The van der Waals surface area contributed by atoms with Crippen molar-refractivity contribution in [1.82, 2.24) is 4.90 Å². The molecule has 2 aliphatic rings. The average Bonchev–Trinajstić information content (AvgIpc) is 3.18. The van der Waals surface area contributed by atoms with E-state index in [0.717, 1.165) is 18.4 Å². The molecular formula is C15H16N2O4. The van der Waals surface area contributed by atoms with Crippen molar-refractivity contribution in [3.05, 3.63) is 29.3 Å². The fraction of sp³-hybridized carbons (Fsp3) is 0.400. The lowest BCUT2D eigenvalue weighted by molar-refractivity contribution is -0.137. The molecule has 0 spiro atoms. The zero-order valence-electron chi connectivity index (χ0n) is 11.5. The van der Waals surface area contributed by atoms with Gasteiger partial charge in [0, 0.05) is 23.8 Å². The van der Waals surface area contributed by atoms with E-state index in [1.165, 1.54) is 0 Å². The van der Waals surface area contributed by atoms with Crippen molar-refractivity contribution in [2.45, 2.75) is 31.7 Å². The van der Waals surface area contributed by atoms with Gasteiger partial charge in [-0.25, -0.2) is 0 Å². The van der Waals surface area contributed by atoms with Gasteiger partial charge in [-0.2, -0.15) is 0 Å². The molecule has 0 aromatic heterocycles. The monoisotopic (exact) mass is 288 g/mol. The highest BCUT2D eigenvalue weighted by Gasteiger charge is 2.33. The van der Waals surface area contributed by atoms with E-state index in [1.807, 2.05) is 0 Å². The molecule has 1 aromatic rings. The lowest BCUT2D eigenvalue weighted by Gasteiger charge is -2.22. The summed E-state index contributed by atoms with van der Waals surface area (Å²) in [5.41, 5.74) is 2.06. The molecule has 2 amide bonds. The van der Waals surface area contributed by atoms with Gasteiger partial charge in [0.05, 0.1) is 12.8 Å². The van der Waals surface area contributed by atoms with Crippen LogP contribution in [-0.2, 0) is 16.0 Å². The summed E-state index contributed by atoms with van der Waals surface area (Å²) < 4.78 is 0. The Labute approximate surface area is 121 Å². The number of carbonyl (C=O) groups is 3. The molecular weight excluding hydrogens is 272 g/mol. The fourth-order valence-electron chi connectivity index (χ4n) is 2.57. The number of nitrogens with zero attached hydrogens (tertiary/aromatic N) is 1. The van der Waals surface area contributed by atoms with Crippen molar-refractivity contribution in [2.24, 2.45) is 0 Å². The number of anilines is 1. The number of carboxylic acid groups (broad SMARTS) is 1. The Morgan fingerprint density at radius 3 is 2.76 bits per heavy atom. The number of rotatable bonds is 5. The number of hydrogen-bond acceptors (Lipinski definition) is 3. The van der Waals surface area contributed by atoms with Crippen LogP contribution in [0.25, 0.3) is 0 Å². The van der Waals surface area contributed by atoms with Crippen LogP contribution in [0.2, 0.25) is 0 Å². The van der Waals surface area contributed by atoms with E-state index < -0.39 is 5.97 Å². The molecule has 1 aliphatic carbocycles. The van der Waals surface area contributed by atoms with Gasteiger partial charge in [-0.15, -0.1) is 0 Å². The summed E-state index contributed by atoms with van der Waals surface area (Å²) in [6, 6.07) is 5.32. The molecule has 6 nitrogen and oxygen atoms in total. The normalized spacial score (nSPS) is 16.3. The fourth-order valence-corrected chi connectivity index (χ4v) is 2.57. The van der Waals surface area contributed by atoms with Crippen LogP contribution < -0.4 is 5.32 Å². The van der Waals surface area contributed by atoms with Crippen LogP contribution in [0.1, 0.15) is 35.2 Å². The second-order valence-corrected chi connectivity index (χ2v) is 5.47. The minimum atomic E-state index is -0.908. The van der Waals surface area contributed by atoms with E-state index in [4.69, 9.17) is 5.11 Å². The summed E-state index contributed by atoms with van der Waals surface area (Å²) in [5.74, 6) is -1.14. The zero-order chi connectivity index (χ0) is 15.0. The van der Waals surface area contributed by atoms with Gasteiger partial charge in [-0.3, -0.25) is 14.4 Å². The van der Waals surface area contributed by atoms with Crippen LogP contribution in [0.3, 0.4) is 0 Å². The molecule has 1 saturated carbocycles. The minimum Gasteiger partial charge on any atom is -0.481 e. The van der Waals surface area contributed by atoms with Crippen LogP contribution >= 0.6 is 0 Å². The van der Waals surface area contributed by atoms with E-state index in [-0.39, 0.29) is 30.8 Å². The number of aliphatic carboxylic acids is 1. The van der Waals surface area contributed by atoms with E-state index in [0.29, 0.717) is 17.7 Å². The number of hydrogen-bond donors (Lipinski definition) is 2. The first-order chi connectivity index (χ1) is 10.0. The highest BCUT2D eigenvalue weighted by Crippen LogP contribution is 2.30. The molecule has 0 unspecified atom stereocenters. The topological polar surface area (TPSA) is 86.7 Å². The molecule has 1 fully saturated rings. The Hall–Kier alpha value is -2.37. The van der Waals surface area contributed by atoms with E-state index in [2.05, 4.69) is 5.32 Å². The molecule has 1 heterocycles. The lowest BCUT2D eigenvalue weighted by atomic mass is 10.1. The third kappa shape index (κ3) is 2.89. The molecule has 0 radical (unpaired) electrons. The van der Waals surface area contributed by atoms with E-state index in [1.54, 1.807) is 23.1 Å². The molecule has 0 bridgehead atoms. The van der Waals surface area contributed by atoms with Gasteiger partial charge in [0.25, 0.3) is 5.91 Å². The SMILES string of the molecule is O=C(O)CCN(C(=O)c1ccc2c(c1)NC(=O)C2)C1CC1. The molecule has 1 aliphatic heterocycles. The van der Waals surface area contributed by atoms with Crippen molar-refractivity contribution in [3.8, 4) is 0 Å². The van der Waals surface area contributed by atoms with E-state index >= 15 is 0 Å². The van der Waals surface area contributed by atoms with Gasteiger partial charge < -0.3 is 15.3 Å². The van der Waals surface area contributed by atoms with E-state index in [9.17, 15) is 14.4 Å². The number of amides is 2. The second-order valence-electron chi connectivity index (χ2n) is 5.47. The quantitative estimate of drug-likeness (QED) is 0.854. The molecule has 0 atom stereocenters. The van der Waals surface area contributed by atoms with Gasteiger partial charge in [0.2, 0.25) is 5.91 Å². The Bertz CT molecular complexity index is 622. The highest BCUT2D eigenvalue weighted by atomic mass is 16.4. The maximum Gasteiger partial charge on any atom is 0.305 e. The Morgan fingerprint density at radius 1 is 1.33 bits per heavy atom. The van der Waals surface area contributed by atoms with Gasteiger partial charge in [0.1, 0.15) is 0 Å². The molecule has 21 heavy (non-hydrogen) atoms. The van der Waals surface area contributed by atoms with Crippen molar-refractivity contribution in [3.63, 3.8) is 0 Å². The Balaban J connectivity index is 1.78. The molecule has 110 valence electrons. The van der Waals surface area contributed by atoms with Crippen LogP contribution in [0.5, 0.6) is 0 Å². The molecule has 3 rings (SSSR count). The second kappa shape index (κ2) is 5.20. The summed E-state index contributed by atoms with van der Waals surface area (Å²) in [4.78, 5) is 36.2. The van der Waals surface area contributed by atoms with Crippen LogP contribution in [-0.4, -0.2) is 40.4 Å². The summed E-state index contributed by atoms with van der Waals surface area (Å²) in [6.07, 6.45) is 2.14. The first-order valence-corrected chi connectivity index (χ1v) is 7.00. The van der Waals surface area contributed by atoms with Crippen molar-refractivity contribution >= 4 is 23.5 Å². The zero-order valence-corrected chi connectivity index (χ0v) is 11.5. The van der Waals surface area contributed by atoms with Crippen LogP contribution in [0.15, 0.2) is 18.2 Å². The summed E-state index contributed by atoms with van der Waals surface area (Å²) in [6.45, 7) is 0.224. The number of benzene rings is 1. The maximum absolute atomic E-state index is 12.5. The Morgan fingerprint density at radius 2 is 2.10 bits per heavy atom. The number of carbonyl (C=O) groups excluding carboxylic acids is 2. The molecule has 6 heteroatoms. The predicted octanol–water partition coefficient (Wildman–Crippen LogP) is 1.26. The van der Waals surface area contributed by atoms with Gasteiger partial charge in [-0.1, -0.05) is 6.07 Å². The largest absolute Gasteiger partial charge is 0.481 e. The summed E-state index contributed by atoms with van der Waals surface area (Å²) in [5, 5.41) is 11.5. The number of nitrogens with one attached hydrogen (secondary N) is 1. The van der Waals surface area contributed by atoms with Crippen LogP contribution in [0, 0.1) is 0 Å². The molecule has 0 saturated heterocycles. The van der Waals surface area contributed by atoms with Crippen LogP contribution in [0.4, 0.5) is 5.69 Å². The standard InChI is InChI=1S/C15H16N2O4/c18-13-8-9-1-2-10(7-12(9)16-13)15(21)17(11-3-4-11)6-5-14(19)20/h1-2,7,11H,3-6,8H2,(H,16,18)(H,19,20). The molecule has 2 N–H and O–H groups in total. The third-order valence-corrected chi connectivity index (χ3v) is 3.80. The van der Waals surface area contributed by atoms with Gasteiger partial charge >= 0.3 is 5.97 Å². The first kappa shape index (κ1) is 13.6. The maximum atomic E-state index is 12.5. The predicted molar refractivity (Wildman–Crippen MR) is 75.1 cm³/mol. The Kier molecular flexibility index (Phi) is 3.37. The highest BCUT2D eigenvalue weighted by molar-refractivity contribution is 6.02. The third-order valence-electron chi connectivity index (χ3n) is 3.80. The minimum absolute atomic E-state index is 0.0517.